The molecule has 0 aliphatic rings. The third-order valence-electron chi connectivity index (χ3n) is 2.64. The first-order chi connectivity index (χ1) is 7.81. The number of hydrogen-bond acceptors (Lipinski definition) is 4. The van der Waals surface area contributed by atoms with Crippen molar-refractivity contribution in [2.45, 2.75) is 39.2 Å². The molecular formula is C12H17N3S. The van der Waals surface area contributed by atoms with E-state index in [-0.39, 0.29) is 0 Å². The minimum absolute atomic E-state index is 0.470. The molecule has 0 radical (unpaired) electrons. The van der Waals surface area contributed by atoms with Crippen molar-refractivity contribution in [2.75, 3.05) is 5.32 Å². The summed E-state index contributed by atoms with van der Waals surface area (Å²) in [5.41, 5.74) is 0. The van der Waals surface area contributed by atoms with E-state index < -0.39 is 0 Å². The van der Waals surface area contributed by atoms with E-state index in [4.69, 9.17) is 0 Å². The summed E-state index contributed by atoms with van der Waals surface area (Å²) in [5, 5.41) is 6.65. The lowest BCUT2D eigenvalue weighted by Gasteiger charge is -2.14. The molecule has 1 unspecified atom stereocenters. The van der Waals surface area contributed by atoms with Crippen LogP contribution in [-0.2, 0) is 0 Å². The van der Waals surface area contributed by atoms with Crippen LogP contribution in [0.3, 0.4) is 0 Å². The molecular weight excluding hydrogens is 218 g/mol. The molecule has 2 heterocycles. The Bertz CT molecular complexity index is 452. The molecule has 0 aliphatic carbocycles. The molecule has 0 amide bonds. The minimum Gasteiger partial charge on any atom is -0.367 e. The van der Waals surface area contributed by atoms with Crippen LogP contribution >= 0.6 is 11.3 Å². The summed E-state index contributed by atoms with van der Waals surface area (Å²) in [6, 6.07) is 2.55. The first-order valence-electron chi connectivity index (χ1n) is 5.76. The van der Waals surface area contributed by atoms with E-state index in [0.29, 0.717) is 6.04 Å². The molecule has 2 aromatic heterocycles. The zero-order valence-electron chi connectivity index (χ0n) is 9.73. The van der Waals surface area contributed by atoms with Crippen molar-refractivity contribution >= 4 is 27.4 Å². The summed E-state index contributed by atoms with van der Waals surface area (Å²) >= 11 is 1.66. The molecule has 1 N–H and O–H groups in total. The lowest BCUT2D eigenvalue weighted by molar-refractivity contribution is 0.644. The van der Waals surface area contributed by atoms with Crippen LogP contribution in [0.5, 0.6) is 0 Å². The molecule has 1 atom stereocenters. The van der Waals surface area contributed by atoms with Crippen molar-refractivity contribution < 1.29 is 0 Å². The normalized spacial score (nSPS) is 12.9. The predicted octanol–water partition coefficient (Wildman–Crippen LogP) is 3.68. The summed E-state index contributed by atoms with van der Waals surface area (Å²) < 4.78 is 0. The first kappa shape index (κ1) is 11.3. The average Bonchev–Trinajstić information content (AvgIpc) is 2.75. The highest BCUT2D eigenvalue weighted by Gasteiger charge is 2.07. The Morgan fingerprint density at radius 3 is 3.12 bits per heavy atom. The molecule has 0 fully saturated rings. The second kappa shape index (κ2) is 5.25. The molecule has 2 aromatic rings. The number of anilines is 1. The molecule has 86 valence electrons. The first-order valence-corrected chi connectivity index (χ1v) is 6.64. The van der Waals surface area contributed by atoms with Crippen LogP contribution in [0.4, 0.5) is 5.82 Å². The summed E-state index contributed by atoms with van der Waals surface area (Å²) in [6.07, 6.45) is 5.32. The van der Waals surface area contributed by atoms with Crippen LogP contribution in [0.15, 0.2) is 17.8 Å². The van der Waals surface area contributed by atoms with Crippen LogP contribution in [0.25, 0.3) is 10.2 Å². The summed E-state index contributed by atoms with van der Waals surface area (Å²) in [5.74, 6) is 0.967. The Morgan fingerprint density at radius 2 is 2.31 bits per heavy atom. The third kappa shape index (κ3) is 2.50. The van der Waals surface area contributed by atoms with E-state index in [1.54, 1.807) is 17.7 Å². The number of nitrogens with zero attached hydrogens (tertiary/aromatic N) is 2. The highest BCUT2D eigenvalue weighted by atomic mass is 32.1. The van der Waals surface area contributed by atoms with Crippen LogP contribution in [-0.4, -0.2) is 16.0 Å². The van der Waals surface area contributed by atoms with E-state index in [2.05, 4.69) is 40.6 Å². The lowest BCUT2D eigenvalue weighted by Crippen LogP contribution is -2.15. The highest BCUT2D eigenvalue weighted by Crippen LogP contribution is 2.24. The van der Waals surface area contributed by atoms with E-state index in [1.165, 1.54) is 19.3 Å². The number of aromatic nitrogens is 2. The number of rotatable bonds is 5. The Kier molecular flexibility index (Phi) is 3.72. The van der Waals surface area contributed by atoms with Crippen molar-refractivity contribution in [1.82, 2.24) is 9.97 Å². The maximum atomic E-state index is 4.31. The van der Waals surface area contributed by atoms with E-state index in [0.717, 1.165) is 16.0 Å². The Balaban J connectivity index is 2.11. The van der Waals surface area contributed by atoms with Gasteiger partial charge in [-0.25, -0.2) is 9.97 Å². The van der Waals surface area contributed by atoms with Gasteiger partial charge in [0, 0.05) is 6.04 Å². The van der Waals surface area contributed by atoms with Gasteiger partial charge in [0.15, 0.2) is 0 Å². The molecule has 0 bridgehead atoms. The van der Waals surface area contributed by atoms with Crippen LogP contribution < -0.4 is 5.32 Å². The standard InChI is InChI=1S/C12H17N3S/c1-3-4-5-9(2)15-11-10-6-7-16-12(10)14-8-13-11/h6-9H,3-5H2,1-2H3,(H,13,14,15). The average molecular weight is 235 g/mol. The number of nitrogens with one attached hydrogen (secondary N) is 1. The van der Waals surface area contributed by atoms with Gasteiger partial charge >= 0.3 is 0 Å². The summed E-state index contributed by atoms with van der Waals surface area (Å²) in [6.45, 7) is 4.42. The van der Waals surface area contributed by atoms with Crippen LogP contribution in [0.1, 0.15) is 33.1 Å². The van der Waals surface area contributed by atoms with Crippen molar-refractivity contribution in [3.05, 3.63) is 17.8 Å². The Labute approximate surface area is 99.9 Å². The zero-order valence-corrected chi connectivity index (χ0v) is 10.5. The fraction of sp³-hybridized carbons (Fsp3) is 0.500. The van der Waals surface area contributed by atoms with E-state index >= 15 is 0 Å². The van der Waals surface area contributed by atoms with Gasteiger partial charge in [-0.3, -0.25) is 0 Å². The van der Waals surface area contributed by atoms with Gasteiger partial charge in [0.2, 0.25) is 0 Å². The second-order valence-corrected chi connectivity index (χ2v) is 4.94. The molecule has 0 saturated heterocycles. The molecule has 0 aromatic carbocycles. The van der Waals surface area contributed by atoms with E-state index in [9.17, 15) is 0 Å². The molecule has 0 spiro atoms. The fourth-order valence-corrected chi connectivity index (χ4v) is 2.45. The predicted molar refractivity (Wildman–Crippen MR) is 70.0 cm³/mol. The quantitative estimate of drug-likeness (QED) is 0.859. The maximum Gasteiger partial charge on any atom is 0.138 e. The SMILES string of the molecule is CCCCC(C)Nc1ncnc2sccc12. The second-order valence-electron chi connectivity index (χ2n) is 4.05. The van der Waals surface area contributed by atoms with Gasteiger partial charge in [-0.1, -0.05) is 19.8 Å². The fourth-order valence-electron chi connectivity index (χ4n) is 1.72. The number of unbranched alkanes of at least 4 members (excludes halogenated alkanes) is 1. The number of fused-ring (bicyclic) bond motifs is 1. The van der Waals surface area contributed by atoms with E-state index in [1.807, 2.05) is 0 Å². The van der Waals surface area contributed by atoms with Gasteiger partial charge in [0.25, 0.3) is 0 Å². The van der Waals surface area contributed by atoms with Crippen LogP contribution in [0.2, 0.25) is 0 Å². The van der Waals surface area contributed by atoms with Crippen molar-refractivity contribution in [1.29, 1.82) is 0 Å². The molecule has 4 heteroatoms. The van der Waals surface area contributed by atoms with Gasteiger partial charge in [0.1, 0.15) is 17.0 Å². The topological polar surface area (TPSA) is 37.8 Å². The minimum atomic E-state index is 0.470. The van der Waals surface area contributed by atoms with Gasteiger partial charge in [-0.15, -0.1) is 11.3 Å². The van der Waals surface area contributed by atoms with Crippen molar-refractivity contribution in [2.24, 2.45) is 0 Å². The molecule has 0 saturated carbocycles. The monoisotopic (exact) mass is 235 g/mol. The molecule has 16 heavy (non-hydrogen) atoms. The largest absolute Gasteiger partial charge is 0.367 e. The summed E-state index contributed by atoms with van der Waals surface area (Å²) in [4.78, 5) is 9.61. The highest BCUT2D eigenvalue weighted by molar-refractivity contribution is 7.16. The van der Waals surface area contributed by atoms with Gasteiger partial charge in [-0.2, -0.15) is 0 Å². The Morgan fingerprint density at radius 1 is 1.44 bits per heavy atom. The van der Waals surface area contributed by atoms with Crippen molar-refractivity contribution in [3.8, 4) is 0 Å². The summed E-state index contributed by atoms with van der Waals surface area (Å²) in [7, 11) is 0. The molecule has 2 rings (SSSR count). The third-order valence-corrected chi connectivity index (χ3v) is 3.46. The smallest absolute Gasteiger partial charge is 0.138 e. The van der Waals surface area contributed by atoms with Gasteiger partial charge in [0.05, 0.1) is 5.39 Å². The number of hydrogen-bond donors (Lipinski definition) is 1. The van der Waals surface area contributed by atoms with Crippen molar-refractivity contribution in [3.63, 3.8) is 0 Å². The van der Waals surface area contributed by atoms with Gasteiger partial charge in [-0.05, 0) is 24.8 Å². The molecule has 0 aliphatic heterocycles. The Hall–Kier alpha value is -1.16. The van der Waals surface area contributed by atoms with Crippen LogP contribution in [0, 0.1) is 0 Å². The molecule has 3 nitrogen and oxygen atoms in total. The maximum absolute atomic E-state index is 4.31. The lowest BCUT2D eigenvalue weighted by atomic mass is 10.1. The zero-order chi connectivity index (χ0) is 11.4. The van der Waals surface area contributed by atoms with Gasteiger partial charge < -0.3 is 5.32 Å². The number of thiophene rings is 1.